The molecule has 0 unspecified atom stereocenters. The Bertz CT molecular complexity index is 433. The Kier molecular flexibility index (Phi) is 1.79. The SMILES string of the molecule is Cc1ccn2nc(C)c(I)c2n1. The van der Waals surface area contributed by atoms with Crippen LogP contribution in [0.5, 0.6) is 0 Å². The van der Waals surface area contributed by atoms with Crippen molar-refractivity contribution in [3.05, 3.63) is 27.2 Å². The van der Waals surface area contributed by atoms with E-state index in [1.165, 1.54) is 0 Å². The van der Waals surface area contributed by atoms with E-state index in [0.29, 0.717) is 0 Å². The lowest BCUT2D eigenvalue weighted by Crippen LogP contribution is -1.90. The van der Waals surface area contributed by atoms with Gasteiger partial charge in [-0.1, -0.05) is 0 Å². The van der Waals surface area contributed by atoms with Crippen LogP contribution in [0.4, 0.5) is 0 Å². The van der Waals surface area contributed by atoms with Crippen molar-refractivity contribution < 1.29 is 0 Å². The summed E-state index contributed by atoms with van der Waals surface area (Å²) in [6, 6.07) is 1.95. The molecule has 0 aliphatic rings. The van der Waals surface area contributed by atoms with Crippen molar-refractivity contribution in [3.8, 4) is 0 Å². The first-order valence-electron chi connectivity index (χ1n) is 3.66. The summed E-state index contributed by atoms with van der Waals surface area (Å²) in [5, 5.41) is 4.30. The van der Waals surface area contributed by atoms with Crippen molar-refractivity contribution >= 4 is 28.2 Å². The average Bonchev–Trinajstić information content (AvgIpc) is 2.31. The van der Waals surface area contributed by atoms with Crippen molar-refractivity contribution in [1.82, 2.24) is 14.6 Å². The van der Waals surface area contributed by atoms with Crippen LogP contribution in [0.25, 0.3) is 5.65 Å². The van der Waals surface area contributed by atoms with Crippen LogP contribution < -0.4 is 0 Å². The second-order valence-electron chi connectivity index (χ2n) is 2.74. The standard InChI is InChI=1S/C8H8IN3/c1-5-3-4-12-8(10-5)7(9)6(2)11-12/h3-4H,1-2H3. The maximum absolute atomic E-state index is 4.39. The van der Waals surface area contributed by atoms with Gasteiger partial charge in [-0.2, -0.15) is 5.10 Å². The first-order chi connectivity index (χ1) is 5.68. The molecule has 0 aromatic carbocycles. The summed E-state index contributed by atoms with van der Waals surface area (Å²) in [6.45, 7) is 3.98. The molecule has 2 aromatic heterocycles. The minimum Gasteiger partial charge on any atom is -0.233 e. The molecular weight excluding hydrogens is 265 g/mol. The molecular formula is C8H8IN3. The summed E-state index contributed by atoms with van der Waals surface area (Å²) >= 11 is 2.27. The van der Waals surface area contributed by atoms with Crippen LogP contribution in [0.15, 0.2) is 12.3 Å². The molecule has 0 atom stereocenters. The third-order valence-electron chi connectivity index (χ3n) is 1.73. The number of fused-ring (bicyclic) bond motifs is 1. The lowest BCUT2D eigenvalue weighted by atomic mass is 10.4. The van der Waals surface area contributed by atoms with Crippen molar-refractivity contribution in [2.24, 2.45) is 0 Å². The Labute approximate surface area is 83.9 Å². The van der Waals surface area contributed by atoms with Gasteiger partial charge in [0.1, 0.15) is 0 Å². The second kappa shape index (κ2) is 2.69. The molecule has 2 heterocycles. The van der Waals surface area contributed by atoms with Crippen LogP contribution in [0.1, 0.15) is 11.4 Å². The molecule has 4 heteroatoms. The van der Waals surface area contributed by atoms with Crippen LogP contribution in [-0.2, 0) is 0 Å². The normalized spacial score (nSPS) is 10.9. The lowest BCUT2D eigenvalue weighted by molar-refractivity contribution is 0.909. The molecule has 2 rings (SSSR count). The van der Waals surface area contributed by atoms with E-state index in [4.69, 9.17) is 0 Å². The van der Waals surface area contributed by atoms with Crippen LogP contribution in [-0.4, -0.2) is 14.6 Å². The molecule has 62 valence electrons. The highest BCUT2D eigenvalue weighted by molar-refractivity contribution is 14.1. The zero-order valence-corrected chi connectivity index (χ0v) is 9.03. The number of aryl methyl sites for hydroxylation is 2. The minimum absolute atomic E-state index is 0.952. The van der Waals surface area contributed by atoms with Crippen molar-refractivity contribution in [2.75, 3.05) is 0 Å². The zero-order chi connectivity index (χ0) is 8.72. The highest BCUT2D eigenvalue weighted by Crippen LogP contribution is 2.15. The van der Waals surface area contributed by atoms with Gasteiger partial charge in [-0.15, -0.1) is 0 Å². The Morgan fingerprint density at radius 1 is 1.42 bits per heavy atom. The van der Waals surface area contributed by atoms with Gasteiger partial charge in [0.25, 0.3) is 0 Å². The van der Waals surface area contributed by atoms with Crippen molar-refractivity contribution in [2.45, 2.75) is 13.8 Å². The van der Waals surface area contributed by atoms with E-state index in [1.54, 1.807) is 0 Å². The molecule has 0 fully saturated rings. The summed E-state index contributed by atoms with van der Waals surface area (Å²) in [4.78, 5) is 4.39. The summed E-state index contributed by atoms with van der Waals surface area (Å²) in [7, 11) is 0. The minimum atomic E-state index is 0.952. The molecule has 0 saturated heterocycles. The van der Waals surface area contributed by atoms with Gasteiger partial charge in [-0.25, -0.2) is 9.50 Å². The smallest absolute Gasteiger partial charge is 0.168 e. The van der Waals surface area contributed by atoms with E-state index < -0.39 is 0 Å². The van der Waals surface area contributed by atoms with Crippen molar-refractivity contribution in [1.29, 1.82) is 0 Å². The lowest BCUT2D eigenvalue weighted by Gasteiger charge is -1.93. The maximum atomic E-state index is 4.39. The summed E-state index contributed by atoms with van der Waals surface area (Å²) < 4.78 is 2.95. The number of hydrogen-bond donors (Lipinski definition) is 0. The fraction of sp³-hybridized carbons (Fsp3) is 0.250. The number of rotatable bonds is 0. The average molecular weight is 273 g/mol. The Hall–Kier alpha value is -0.650. The molecule has 0 radical (unpaired) electrons. The zero-order valence-electron chi connectivity index (χ0n) is 6.87. The van der Waals surface area contributed by atoms with Crippen LogP contribution in [0.2, 0.25) is 0 Å². The summed E-state index contributed by atoms with van der Waals surface area (Å²) in [5.41, 5.74) is 3.02. The fourth-order valence-electron chi connectivity index (χ4n) is 1.10. The Morgan fingerprint density at radius 2 is 2.17 bits per heavy atom. The Balaban J connectivity index is 2.88. The molecule has 0 spiro atoms. The van der Waals surface area contributed by atoms with E-state index in [9.17, 15) is 0 Å². The van der Waals surface area contributed by atoms with Crippen LogP contribution in [0, 0.1) is 17.4 Å². The molecule has 0 amide bonds. The fourth-order valence-corrected chi connectivity index (χ4v) is 1.58. The molecule has 0 N–H and O–H groups in total. The number of nitrogens with zero attached hydrogens (tertiary/aromatic N) is 3. The van der Waals surface area contributed by atoms with Gasteiger partial charge in [0, 0.05) is 11.9 Å². The maximum Gasteiger partial charge on any atom is 0.168 e. The van der Waals surface area contributed by atoms with Gasteiger partial charge < -0.3 is 0 Å². The van der Waals surface area contributed by atoms with Gasteiger partial charge in [-0.05, 0) is 42.5 Å². The molecule has 2 aromatic rings. The Morgan fingerprint density at radius 3 is 2.92 bits per heavy atom. The first kappa shape index (κ1) is 7.97. The number of hydrogen-bond acceptors (Lipinski definition) is 2. The third kappa shape index (κ3) is 1.10. The molecule has 0 aliphatic carbocycles. The topological polar surface area (TPSA) is 30.2 Å². The molecule has 0 aliphatic heterocycles. The predicted molar refractivity (Wildman–Crippen MR) is 55.2 cm³/mol. The number of aromatic nitrogens is 3. The van der Waals surface area contributed by atoms with Crippen LogP contribution >= 0.6 is 22.6 Å². The van der Waals surface area contributed by atoms with E-state index >= 15 is 0 Å². The van der Waals surface area contributed by atoms with E-state index in [1.807, 2.05) is 30.6 Å². The molecule has 0 bridgehead atoms. The van der Waals surface area contributed by atoms with E-state index in [-0.39, 0.29) is 0 Å². The van der Waals surface area contributed by atoms with Gasteiger partial charge in [0.05, 0.1) is 9.26 Å². The van der Waals surface area contributed by atoms with E-state index in [2.05, 4.69) is 32.7 Å². The predicted octanol–water partition coefficient (Wildman–Crippen LogP) is 1.95. The quantitative estimate of drug-likeness (QED) is 0.687. The van der Waals surface area contributed by atoms with Crippen LogP contribution in [0.3, 0.4) is 0 Å². The molecule has 12 heavy (non-hydrogen) atoms. The monoisotopic (exact) mass is 273 g/mol. The highest BCUT2D eigenvalue weighted by atomic mass is 127. The molecule has 3 nitrogen and oxygen atoms in total. The number of halogens is 1. The molecule has 0 saturated carbocycles. The van der Waals surface area contributed by atoms with Crippen molar-refractivity contribution in [3.63, 3.8) is 0 Å². The highest BCUT2D eigenvalue weighted by Gasteiger charge is 2.06. The van der Waals surface area contributed by atoms with Gasteiger partial charge in [-0.3, -0.25) is 0 Å². The third-order valence-corrected chi connectivity index (χ3v) is 2.99. The largest absolute Gasteiger partial charge is 0.233 e. The van der Waals surface area contributed by atoms with E-state index in [0.717, 1.165) is 20.6 Å². The van der Waals surface area contributed by atoms with Gasteiger partial charge >= 0.3 is 0 Å². The van der Waals surface area contributed by atoms with Gasteiger partial charge in [0.2, 0.25) is 0 Å². The first-order valence-corrected chi connectivity index (χ1v) is 4.74. The van der Waals surface area contributed by atoms with Gasteiger partial charge in [0.15, 0.2) is 5.65 Å². The second-order valence-corrected chi connectivity index (χ2v) is 3.82. The summed E-state index contributed by atoms with van der Waals surface area (Å²) in [5.74, 6) is 0. The summed E-state index contributed by atoms with van der Waals surface area (Å²) in [6.07, 6.45) is 1.94.